The number of anilines is 1. The van der Waals surface area contributed by atoms with Crippen LogP contribution in [-0.2, 0) is 9.59 Å². The molecule has 3 rings (SSSR count). The van der Waals surface area contributed by atoms with Crippen molar-refractivity contribution in [3.8, 4) is 11.5 Å². The Morgan fingerprint density at radius 2 is 1.90 bits per heavy atom. The lowest BCUT2D eigenvalue weighted by Crippen LogP contribution is -2.41. The number of hydrogen-bond donors (Lipinski definition) is 1. The Morgan fingerprint density at radius 1 is 1.16 bits per heavy atom. The molecule has 0 spiro atoms. The summed E-state index contributed by atoms with van der Waals surface area (Å²) >= 11 is 0. The highest BCUT2D eigenvalue weighted by atomic mass is 19.1. The first-order chi connectivity index (χ1) is 14.9. The lowest BCUT2D eigenvalue weighted by atomic mass is 10.0. The van der Waals surface area contributed by atoms with Gasteiger partial charge in [-0.15, -0.1) is 0 Å². The first kappa shape index (κ1) is 22.6. The van der Waals surface area contributed by atoms with E-state index in [4.69, 9.17) is 15.2 Å². The van der Waals surface area contributed by atoms with Crippen molar-refractivity contribution in [1.82, 2.24) is 4.90 Å². The number of likely N-dealkylation sites (tertiary alicyclic amines) is 1. The van der Waals surface area contributed by atoms with E-state index in [1.165, 1.54) is 29.2 Å². The number of hydrogen-bond acceptors (Lipinski definition) is 5. The molecule has 31 heavy (non-hydrogen) atoms. The van der Waals surface area contributed by atoms with Crippen molar-refractivity contribution >= 4 is 17.5 Å². The van der Waals surface area contributed by atoms with E-state index in [9.17, 15) is 14.0 Å². The third kappa shape index (κ3) is 5.52. The van der Waals surface area contributed by atoms with Crippen molar-refractivity contribution in [3.63, 3.8) is 0 Å². The normalized spacial score (nSPS) is 16.2. The van der Waals surface area contributed by atoms with Crippen LogP contribution in [0.5, 0.6) is 11.5 Å². The summed E-state index contributed by atoms with van der Waals surface area (Å²) in [6.45, 7) is 1.07. The zero-order valence-corrected chi connectivity index (χ0v) is 17.8. The lowest BCUT2D eigenvalue weighted by molar-refractivity contribution is -0.120. The van der Waals surface area contributed by atoms with Crippen LogP contribution in [0.3, 0.4) is 0 Å². The second kappa shape index (κ2) is 10.3. The summed E-state index contributed by atoms with van der Waals surface area (Å²) in [5.41, 5.74) is 6.82. The first-order valence-electron chi connectivity index (χ1n) is 10.2. The van der Waals surface area contributed by atoms with E-state index in [0.29, 0.717) is 17.2 Å². The molecular formula is C23H28FN3O4. The molecule has 166 valence electrons. The highest BCUT2D eigenvalue weighted by molar-refractivity contribution is 5.95. The first-order valence-corrected chi connectivity index (χ1v) is 10.2. The predicted octanol–water partition coefficient (Wildman–Crippen LogP) is 2.89. The summed E-state index contributed by atoms with van der Waals surface area (Å²) in [5, 5.41) is 0. The van der Waals surface area contributed by atoms with Crippen LogP contribution >= 0.6 is 0 Å². The largest absolute Gasteiger partial charge is 0.497 e. The Hall–Kier alpha value is -3.13. The molecule has 7 nitrogen and oxygen atoms in total. The molecule has 0 radical (unpaired) electrons. The third-order valence-electron chi connectivity index (χ3n) is 5.52. The number of ether oxygens (including phenoxy) is 2. The van der Waals surface area contributed by atoms with Crippen LogP contribution in [0.25, 0.3) is 0 Å². The lowest BCUT2D eigenvalue weighted by Gasteiger charge is -2.29. The van der Waals surface area contributed by atoms with E-state index in [2.05, 4.69) is 4.90 Å². The average Bonchev–Trinajstić information content (AvgIpc) is 3.22. The van der Waals surface area contributed by atoms with Gasteiger partial charge in [0.05, 0.1) is 20.8 Å². The summed E-state index contributed by atoms with van der Waals surface area (Å²) in [5.74, 6) is 0.356. The number of nitrogens with two attached hydrogens (primary N) is 1. The Labute approximate surface area is 181 Å². The average molecular weight is 429 g/mol. The van der Waals surface area contributed by atoms with E-state index in [1.54, 1.807) is 14.2 Å². The van der Waals surface area contributed by atoms with Crippen molar-refractivity contribution < 1.29 is 23.5 Å². The fourth-order valence-electron chi connectivity index (χ4n) is 3.96. The molecule has 1 aliphatic heterocycles. The van der Waals surface area contributed by atoms with Crippen LogP contribution < -0.4 is 20.1 Å². The summed E-state index contributed by atoms with van der Waals surface area (Å²) < 4.78 is 24.2. The number of nitrogens with zero attached hydrogens (tertiary/aromatic N) is 2. The van der Waals surface area contributed by atoms with Gasteiger partial charge in [0, 0.05) is 36.3 Å². The highest BCUT2D eigenvalue weighted by Crippen LogP contribution is 2.38. The van der Waals surface area contributed by atoms with E-state index < -0.39 is 11.7 Å². The second-order valence-corrected chi connectivity index (χ2v) is 7.47. The van der Waals surface area contributed by atoms with Crippen molar-refractivity contribution in [1.29, 1.82) is 0 Å². The van der Waals surface area contributed by atoms with Crippen LogP contribution in [0.1, 0.15) is 30.9 Å². The predicted molar refractivity (Wildman–Crippen MR) is 116 cm³/mol. The number of carbonyl (C=O) groups excluding carboxylic acids is 2. The highest BCUT2D eigenvalue weighted by Gasteiger charge is 2.31. The molecule has 1 atom stereocenters. The summed E-state index contributed by atoms with van der Waals surface area (Å²) in [6, 6.07) is 11.4. The van der Waals surface area contributed by atoms with Gasteiger partial charge in [-0.2, -0.15) is 0 Å². The molecule has 0 bridgehead atoms. The fourth-order valence-corrected chi connectivity index (χ4v) is 3.96. The third-order valence-corrected chi connectivity index (χ3v) is 5.52. The van der Waals surface area contributed by atoms with Gasteiger partial charge in [-0.25, -0.2) is 4.39 Å². The summed E-state index contributed by atoms with van der Waals surface area (Å²) in [4.78, 5) is 28.1. The molecular weight excluding hydrogens is 401 g/mol. The Morgan fingerprint density at radius 3 is 2.55 bits per heavy atom. The molecule has 0 aromatic heterocycles. The number of amides is 2. The topological polar surface area (TPSA) is 85.1 Å². The van der Waals surface area contributed by atoms with Gasteiger partial charge in [-0.05, 0) is 49.7 Å². The smallest absolute Gasteiger partial charge is 0.241 e. The summed E-state index contributed by atoms with van der Waals surface area (Å²) in [6.07, 6.45) is 1.87. The Kier molecular flexibility index (Phi) is 7.46. The van der Waals surface area contributed by atoms with E-state index in [0.717, 1.165) is 24.9 Å². The SMILES string of the molecule is COc1ccc(C2CCCN2CC(=O)N(CCC(N)=O)c2ccc(F)cc2)c(OC)c1. The maximum Gasteiger partial charge on any atom is 0.241 e. The number of rotatable bonds is 9. The molecule has 2 aromatic carbocycles. The number of halogens is 1. The van der Waals surface area contributed by atoms with Crippen molar-refractivity contribution in [2.75, 3.05) is 38.8 Å². The minimum Gasteiger partial charge on any atom is -0.497 e. The van der Waals surface area contributed by atoms with Crippen LogP contribution in [0, 0.1) is 5.82 Å². The number of primary amides is 1. The molecule has 1 saturated heterocycles. The Bertz CT molecular complexity index is 920. The van der Waals surface area contributed by atoms with Gasteiger partial charge >= 0.3 is 0 Å². The molecule has 0 saturated carbocycles. The van der Waals surface area contributed by atoms with Gasteiger partial charge < -0.3 is 20.1 Å². The number of carbonyl (C=O) groups is 2. The molecule has 2 aromatic rings. The van der Waals surface area contributed by atoms with Crippen LogP contribution in [0.4, 0.5) is 10.1 Å². The Balaban J connectivity index is 1.80. The molecule has 1 heterocycles. The minimum absolute atomic E-state index is 0.0241. The van der Waals surface area contributed by atoms with Crippen molar-refractivity contribution in [2.45, 2.75) is 25.3 Å². The molecule has 1 unspecified atom stereocenters. The van der Waals surface area contributed by atoms with Crippen LogP contribution in [0.2, 0.25) is 0 Å². The van der Waals surface area contributed by atoms with E-state index >= 15 is 0 Å². The fraction of sp³-hybridized carbons (Fsp3) is 0.391. The molecule has 8 heteroatoms. The van der Waals surface area contributed by atoms with Crippen LogP contribution in [-0.4, -0.2) is 50.6 Å². The van der Waals surface area contributed by atoms with Gasteiger partial charge in [0.25, 0.3) is 0 Å². The van der Waals surface area contributed by atoms with Gasteiger partial charge in [0.15, 0.2) is 0 Å². The number of methoxy groups -OCH3 is 2. The standard InChI is InChI=1S/C23H28FN3O4/c1-30-18-9-10-19(21(14-18)31-2)20-4-3-12-26(20)15-23(29)27(13-11-22(25)28)17-7-5-16(24)6-8-17/h5-10,14,20H,3-4,11-13,15H2,1-2H3,(H2,25,28). The molecule has 2 amide bonds. The van der Waals surface area contributed by atoms with E-state index in [-0.39, 0.29) is 31.5 Å². The minimum atomic E-state index is -0.498. The van der Waals surface area contributed by atoms with Crippen LogP contribution in [0.15, 0.2) is 42.5 Å². The maximum absolute atomic E-state index is 13.4. The monoisotopic (exact) mass is 429 g/mol. The quantitative estimate of drug-likeness (QED) is 0.663. The second-order valence-electron chi connectivity index (χ2n) is 7.47. The summed E-state index contributed by atoms with van der Waals surface area (Å²) in [7, 11) is 3.22. The molecule has 1 aliphatic rings. The van der Waals surface area contributed by atoms with Crippen molar-refractivity contribution in [3.05, 3.63) is 53.8 Å². The molecule has 2 N–H and O–H groups in total. The van der Waals surface area contributed by atoms with Crippen molar-refractivity contribution in [2.24, 2.45) is 5.73 Å². The van der Waals surface area contributed by atoms with Gasteiger partial charge in [-0.1, -0.05) is 6.07 Å². The molecule has 0 aliphatic carbocycles. The van der Waals surface area contributed by atoms with Gasteiger partial charge in [0.2, 0.25) is 11.8 Å². The zero-order chi connectivity index (χ0) is 22.4. The maximum atomic E-state index is 13.4. The molecule has 1 fully saturated rings. The number of benzene rings is 2. The van der Waals surface area contributed by atoms with Gasteiger partial charge in [0.1, 0.15) is 17.3 Å². The van der Waals surface area contributed by atoms with E-state index in [1.807, 2.05) is 18.2 Å². The van der Waals surface area contributed by atoms with Gasteiger partial charge in [-0.3, -0.25) is 14.5 Å². The zero-order valence-electron chi connectivity index (χ0n) is 17.8.